The van der Waals surface area contributed by atoms with Gasteiger partial charge in [0.1, 0.15) is 4.32 Å². The molecule has 20 heavy (non-hydrogen) atoms. The van der Waals surface area contributed by atoms with Crippen LogP contribution in [0.15, 0.2) is 0 Å². The van der Waals surface area contributed by atoms with Crippen LogP contribution in [-0.4, -0.2) is 39.5 Å². The molecule has 0 aromatic heterocycles. The second-order valence-electron chi connectivity index (χ2n) is 6.10. The molecule has 2 rings (SSSR count). The highest BCUT2D eigenvalue weighted by atomic mass is 32.2. The first-order valence-corrected chi connectivity index (χ1v) is 9.12. The van der Waals surface area contributed by atoms with Crippen LogP contribution in [0.3, 0.4) is 0 Å². The lowest BCUT2D eigenvalue weighted by Crippen LogP contribution is -2.44. The maximum atomic E-state index is 12.3. The van der Waals surface area contributed by atoms with E-state index in [2.05, 4.69) is 17.1 Å². The summed E-state index contributed by atoms with van der Waals surface area (Å²) in [6.45, 7) is 6.33. The number of hydrogen-bond acceptors (Lipinski definition) is 3. The fourth-order valence-corrected chi connectivity index (χ4v) is 4.43. The molecule has 3 nitrogen and oxygen atoms in total. The van der Waals surface area contributed by atoms with E-state index in [4.69, 9.17) is 12.2 Å². The van der Waals surface area contributed by atoms with Crippen molar-refractivity contribution < 1.29 is 4.79 Å². The number of hydrogen-bond donors (Lipinski definition) is 1. The van der Waals surface area contributed by atoms with Crippen LogP contribution >= 0.6 is 24.0 Å². The van der Waals surface area contributed by atoms with Crippen LogP contribution in [0.2, 0.25) is 0 Å². The second kappa shape index (κ2) is 7.64. The summed E-state index contributed by atoms with van der Waals surface area (Å²) in [4.78, 5) is 14.5. The smallest absolute Gasteiger partial charge is 0.233 e. The molecular formula is C15H26N2OS2. The second-order valence-corrected chi connectivity index (χ2v) is 8.07. The molecule has 3 atom stereocenters. The van der Waals surface area contributed by atoms with Crippen LogP contribution in [0, 0.1) is 5.92 Å². The van der Waals surface area contributed by atoms with Gasteiger partial charge < -0.3 is 10.2 Å². The molecule has 1 saturated carbocycles. The Morgan fingerprint density at radius 2 is 1.90 bits per heavy atom. The van der Waals surface area contributed by atoms with Crippen molar-refractivity contribution in [2.45, 2.75) is 63.7 Å². The Balaban J connectivity index is 1.77. The third-order valence-electron chi connectivity index (χ3n) is 4.45. The van der Waals surface area contributed by atoms with Crippen LogP contribution < -0.4 is 5.32 Å². The van der Waals surface area contributed by atoms with Crippen LogP contribution in [0.4, 0.5) is 0 Å². The molecule has 2 fully saturated rings. The van der Waals surface area contributed by atoms with E-state index < -0.39 is 0 Å². The summed E-state index contributed by atoms with van der Waals surface area (Å²) in [5.41, 5.74) is 0. The summed E-state index contributed by atoms with van der Waals surface area (Å²) >= 11 is 6.99. The van der Waals surface area contributed by atoms with E-state index in [1.807, 2.05) is 6.92 Å². The Hall–Kier alpha value is -0.290. The van der Waals surface area contributed by atoms with Crippen molar-refractivity contribution in [3.05, 3.63) is 0 Å². The number of likely N-dealkylation sites (tertiary alicyclic amines) is 1. The maximum absolute atomic E-state index is 12.3. The van der Waals surface area contributed by atoms with E-state index >= 15 is 0 Å². The van der Waals surface area contributed by atoms with E-state index in [1.165, 1.54) is 32.1 Å². The quantitative estimate of drug-likeness (QED) is 0.811. The zero-order chi connectivity index (χ0) is 14.5. The van der Waals surface area contributed by atoms with E-state index in [-0.39, 0.29) is 11.2 Å². The van der Waals surface area contributed by atoms with Gasteiger partial charge in [-0.2, -0.15) is 0 Å². The molecular weight excluding hydrogens is 288 g/mol. The van der Waals surface area contributed by atoms with Gasteiger partial charge in [0.05, 0.1) is 5.25 Å². The van der Waals surface area contributed by atoms with E-state index in [0.717, 1.165) is 23.8 Å². The van der Waals surface area contributed by atoms with Crippen LogP contribution in [-0.2, 0) is 4.79 Å². The number of amides is 1. The molecule has 1 heterocycles. The molecule has 2 aliphatic rings. The zero-order valence-corrected chi connectivity index (χ0v) is 14.2. The van der Waals surface area contributed by atoms with Gasteiger partial charge in [-0.3, -0.25) is 4.79 Å². The molecule has 1 saturated heterocycles. The summed E-state index contributed by atoms with van der Waals surface area (Å²) in [5.74, 6) is 0.755. The van der Waals surface area contributed by atoms with Crippen molar-refractivity contribution >= 4 is 34.2 Å². The molecule has 0 unspecified atom stereocenters. The average Bonchev–Trinajstić information content (AvgIpc) is 2.95. The summed E-state index contributed by atoms with van der Waals surface area (Å²) in [6, 6.07) is 0.361. The molecule has 1 N–H and O–H groups in total. The Morgan fingerprint density at radius 3 is 2.55 bits per heavy atom. The number of nitrogens with zero attached hydrogens (tertiary/aromatic N) is 1. The molecule has 0 spiro atoms. The van der Waals surface area contributed by atoms with Gasteiger partial charge in [0.2, 0.25) is 5.91 Å². The fraction of sp³-hybridized carbons (Fsp3) is 0.867. The number of carbonyl (C=O) groups excluding carboxylic acids is 1. The van der Waals surface area contributed by atoms with Crippen molar-refractivity contribution in [3.63, 3.8) is 0 Å². The average molecular weight is 315 g/mol. The molecule has 1 aliphatic heterocycles. The Morgan fingerprint density at radius 1 is 1.25 bits per heavy atom. The van der Waals surface area contributed by atoms with Crippen LogP contribution in [0.5, 0.6) is 0 Å². The minimum Gasteiger partial charge on any atom is -0.358 e. The third kappa shape index (κ3) is 4.35. The Bertz CT molecular complexity index is 356. The molecule has 0 bridgehead atoms. The molecule has 0 aromatic carbocycles. The van der Waals surface area contributed by atoms with Crippen molar-refractivity contribution in [2.75, 3.05) is 13.1 Å². The fourth-order valence-electron chi connectivity index (χ4n) is 3.01. The number of rotatable bonds is 3. The predicted molar refractivity (Wildman–Crippen MR) is 90.0 cm³/mol. The first kappa shape index (κ1) is 16.1. The van der Waals surface area contributed by atoms with Crippen molar-refractivity contribution in [2.24, 2.45) is 5.92 Å². The molecule has 114 valence electrons. The molecule has 1 amide bonds. The minimum atomic E-state index is -0.0859. The summed E-state index contributed by atoms with van der Waals surface area (Å²) in [6.07, 6.45) is 7.35. The maximum Gasteiger partial charge on any atom is 0.233 e. The minimum absolute atomic E-state index is 0.0859. The topological polar surface area (TPSA) is 32.3 Å². The molecule has 1 aliphatic carbocycles. The largest absolute Gasteiger partial charge is 0.358 e. The first-order chi connectivity index (χ1) is 9.58. The molecule has 0 aromatic rings. The van der Waals surface area contributed by atoms with Gasteiger partial charge in [-0.25, -0.2) is 0 Å². The standard InChI is InChI=1S/C15H26N2OS2/c1-11-7-3-4-8-13(11)16-14(18)12(2)20-15(19)17-9-5-6-10-17/h11-13H,3-10H2,1-2H3,(H,16,18)/t11-,12-,13-/m0/s1. The highest BCUT2D eigenvalue weighted by molar-refractivity contribution is 8.23. The monoisotopic (exact) mass is 314 g/mol. The lowest BCUT2D eigenvalue weighted by Gasteiger charge is -2.30. The normalized spacial score (nSPS) is 28.2. The van der Waals surface area contributed by atoms with Gasteiger partial charge >= 0.3 is 0 Å². The lowest BCUT2D eigenvalue weighted by molar-refractivity contribution is -0.121. The summed E-state index contributed by atoms with van der Waals surface area (Å²) in [5, 5.41) is 3.14. The van der Waals surface area contributed by atoms with Gasteiger partial charge in [-0.1, -0.05) is 43.7 Å². The van der Waals surface area contributed by atoms with Gasteiger partial charge in [0.15, 0.2) is 0 Å². The predicted octanol–water partition coefficient (Wildman–Crippen LogP) is 3.18. The SMILES string of the molecule is C[C@H](SC(=S)N1CCCC1)C(=O)N[C@H]1CCCC[C@@H]1C. The van der Waals surface area contributed by atoms with E-state index in [1.54, 1.807) is 11.8 Å². The number of thiocarbonyl (C=S) groups is 1. The van der Waals surface area contributed by atoms with Crippen LogP contribution in [0.25, 0.3) is 0 Å². The third-order valence-corrected chi connectivity index (χ3v) is 6.02. The highest BCUT2D eigenvalue weighted by Crippen LogP contribution is 2.25. The van der Waals surface area contributed by atoms with E-state index in [9.17, 15) is 4.79 Å². The Kier molecular flexibility index (Phi) is 6.15. The summed E-state index contributed by atoms with van der Waals surface area (Å²) < 4.78 is 0.891. The van der Waals surface area contributed by atoms with Gasteiger partial charge in [-0.05, 0) is 38.5 Å². The zero-order valence-electron chi connectivity index (χ0n) is 12.6. The lowest BCUT2D eigenvalue weighted by atomic mass is 9.86. The number of nitrogens with one attached hydrogen (secondary N) is 1. The van der Waals surface area contributed by atoms with Crippen molar-refractivity contribution in [3.8, 4) is 0 Å². The van der Waals surface area contributed by atoms with Gasteiger partial charge in [0, 0.05) is 19.1 Å². The van der Waals surface area contributed by atoms with Gasteiger partial charge in [-0.15, -0.1) is 0 Å². The number of thioether (sulfide) groups is 1. The molecule has 5 heteroatoms. The number of carbonyl (C=O) groups is 1. The Labute approximate surface area is 132 Å². The van der Waals surface area contributed by atoms with E-state index in [0.29, 0.717) is 12.0 Å². The van der Waals surface area contributed by atoms with Crippen molar-refractivity contribution in [1.82, 2.24) is 10.2 Å². The van der Waals surface area contributed by atoms with Crippen molar-refractivity contribution in [1.29, 1.82) is 0 Å². The molecule has 0 radical (unpaired) electrons. The summed E-state index contributed by atoms with van der Waals surface area (Å²) in [7, 11) is 0. The van der Waals surface area contributed by atoms with Crippen LogP contribution in [0.1, 0.15) is 52.4 Å². The first-order valence-electron chi connectivity index (χ1n) is 7.84. The van der Waals surface area contributed by atoms with Gasteiger partial charge in [0.25, 0.3) is 0 Å². The highest BCUT2D eigenvalue weighted by Gasteiger charge is 2.26.